The standard InChI is InChI=1S/C14H13N3O/c18-14(11-6-8-16-17-9-11)12-5-1-3-10-4-2-7-15-13(10)12/h2,4,6-9,12H,1,3,5H2. The van der Waals surface area contributed by atoms with E-state index >= 15 is 0 Å². The molecule has 0 saturated heterocycles. The van der Waals surface area contributed by atoms with Gasteiger partial charge in [-0.05, 0) is 37.0 Å². The Kier molecular flexibility index (Phi) is 2.84. The van der Waals surface area contributed by atoms with Crippen molar-refractivity contribution in [3.8, 4) is 0 Å². The average molecular weight is 239 g/mol. The number of hydrogen-bond acceptors (Lipinski definition) is 4. The fourth-order valence-corrected chi connectivity index (χ4v) is 2.50. The van der Waals surface area contributed by atoms with Crippen LogP contribution in [-0.2, 0) is 6.42 Å². The molecule has 1 unspecified atom stereocenters. The summed E-state index contributed by atoms with van der Waals surface area (Å²) in [6, 6.07) is 5.71. The predicted molar refractivity (Wildman–Crippen MR) is 66.3 cm³/mol. The van der Waals surface area contributed by atoms with Crippen LogP contribution in [0.5, 0.6) is 0 Å². The molecule has 0 bridgehead atoms. The molecular weight excluding hydrogens is 226 g/mol. The number of aryl methyl sites for hydroxylation is 1. The van der Waals surface area contributed by atoms with Crippen LogP contribution in [0.4, 0.5) is 0 Å². The average Bonchev–Trinajstić information content (AvgIpc) is 2.47. The Morgan fingerprint density at radius 1 is 1.22 bits per heavy atom. The number of aromatic nitrogens is 3. The molecule has 2 aromatic heterocycles. The molecule has 1 aliphatic rings. The summed E-state index contributed by atoms with van der Waals surface area (Å²) in [4.78, 5) is 16.8. The highest BCUT2D eigenvalue weighted by Gasteiger charge is 2.28. The predicted octanol–water partition coefficient (Wildman–Crippen LogP) is 2.17. The summed E-state index contributed by atoms with van der Waals surface area (Å²) in [5.74, 6) is -0.0244. The topological polar surface area (TPSA) is 55.7 Å². The highest BCUT2D eigenvalue weighted by molar-refractivity contribution is 6.00. The van der Waals surface area contributed by atoms with Crippen molar-refractivity contribution in [1.29, 1.82) is 0 Å². The highest BCUT2D eigenvalue weighted by atomic mass is 16.1. The molecule has 2 heterocycles. The van der Waals surface area contributed by atoms with Gasteiger partial charge < -0.3 is 0 Å². The molecule has 0 fully saturated rings. The van der Waals surface area contributed by atoms with E-state index in [1.807, 2.05) is 6.07 Å². The van der Waals surface area contributed by atoms with Crippen LogP contribution in [0.15, 0.2) is 36.8 Å². The lowest BCUT2D eigenvalue weighted by Gasteiger charge is -2.22. The summed E-state index contributed by atoms with van der Waals surface area (Å²) in [7, 11) is 0. The molecule has 1 aliphatic carbocycles. The third kappa shape index (κ3) is 1.90. The monoisotopic (exact) mass is 239 g/mol. The molecule has 0 radical (unpaired) electrons. The number of carbonyl (C=O) groups is 1. The summed E-state index contributed by atoms with van der Waals surface area (Å²) in [5, 5.41) is 7.46. The van der Waals surface area contributed by atoms with E-state index in [2.05, 4.69) is 21.2 Å². The number of Topliss-reactive ketones (excluding diaryl/α,β-unsaturated/α-hetero) is 1. The van der Waals surface area contributed by atoms with Gasteiger partial charge in [-0.3, -0.25) is 9.78 Å². The Morgan fingerprint density at radius 2 is 2.17 bits per heavy atom. The number of rotatable bonds is 2. The van der Waals surface area contributed by atoms with Crippen molar-refractivity contribution in [2.24, 2.45) is 0 Å². The number of fused-ring (bicyclic) bond motifs is 1. The quantitative estimate of drug-likeness (QED) is 0.754. The van der Waals surface area contributed by atoms with Gasteiger partial charge in [0.1, 0.15) is 0 Å². The van der Waals surface area contributed by atoms with Gasteiger partial charge in [0.2, 0.25) is 0 Å². The molecule has 0 spiro atoms. The first-order chi connectivity index (χ1) is 8.86. The molecule has 18 heavy (non-hydrogen) atoms. The number of pyridine rings is 1. The molecule has 3 rings (SSSR count). The zero-order valence-electron chi connectivity index (χ0n) is 9.91. The molecule has 1 atom stereocenters. The van der Waals surface area contributed by atoms with E-state index in [0.717, 1.165) is 25.0 Å². The van der Waals surface area contributed by atoms with Gasteiger partial charge in [0.25, 0.3) is 0 Å². The van der Waals surface area contributed by atoms with Crippen molar-refractivity contribution in [2.45, 2.75) is 25.2 Å². The van der Waals surface area contributed by atoms with Gasteiger partial charge in [-0.25, -0.2) is 0 Å². The molecule has 90 valence electrons. The minimum Gasteiger partial charge on any atom is -0.293 e. The Bertz CT molecular complexity index is 568. The Balaban J connectivity index is 1.97. The third-order valence-electron chi connectivity index (χ3n) is 3.38. The smallest absolute Gasteiger partial charge is 0.173 e. The van der Waals surface area contributed by atoms with Gasteiger partial charge in [0, 0.05) is 11.8 Å². The maximum Gasteiger partial charge on any atom is 0.173 e. The Hall–Kier alpha value is -2.10. The minimum atomic E-state index is -0.126. The molecule has 2 aromatic rings. The van der Waals surface area contributed by atoms with Crippen molar-refractivity contribution in [3.05, 3.63) is 53.6 Å². The summed E-state index contributed by atoms with van der Waals surface area (Å²) in [6.07, 6.45) is 7.75. The normalized spacial score (nSPS) is 18.1. The summed E-state index contributed by atoms with van der Waals surface area (Å²) in [6.45, 7) is 0. The Labute approximate surface area is 105 Å². The van der Waals surface area contributed by atoms with Gasteiger partial charge in [-0.1, -0.05) is 6.07 Å². The lowest BCUT2D eigenvalue weighted by atomic mass is 9.82. The summed E-state index contributed by atoms with van der Waals surface area (Å²) >= 11 is 0. The van der Waals surface area contributed by atoms with Gasteiger partial charge in [0.15, 0.2) is 5.78 Å². The summed E-state index contributed by atoms with van der Waals surface area (Å²) in [5.41, 5.74) is 2.75. The fourth-order valence-electron chi connectivity index (χ4n) is 2.50. The molecule has 4 heteroatoms. The van der Waals surface area contributed by atoms with Crippen LogP contribution in [0.1, 0.15) is 40.4 Å². The molecule has 4 nitrogen and oxygen atoms in total. The number of carbonyl (C=O) groups excluding carboxylic acids is 1. The SMILES string of the molecule is O=C(c1ccnnc1)C1CCCc2cccnc21. The molecule has 0 aliphatic heterocycles. The van der Waals surface area contributed by atoms with E-state index < -0.39 is 0 Å². The fraction of sp³-hybridized carbons (Fsp3) is 0.286. The van der Waals surface area contributed by atoms with Gasteiger partial charge in [0.05, 0.1) is 24.0 Å². The van der Waals surface area contributed by atoms with Crippen molar-refractivity contribution >= 4 is 5.78 Å². The second kappa shape index (κ2) is 4.64. The number of hydrogen-bond donors (Lipinski definition) is 0. The highest BCUT2D eigenvalue weighted by Crippen LogP contribution is 2.32. The van der Waals surface area contributed by atoms with Crippen LogP contribution in [0.2, 0.25) is 0 Å². The largest absolute Gasteiger partial charge is 0.293 e. The van der Waals surface area contributed by atoms with Crippen LogP contribution < -0.4 is 0 Å². The van der Waals surface area contributed by atoms with Crippen LogP contribution in [-0.4, -0.2) is 21.0 Å². The van der Waals surface area contributed by atoms with Crippen molar-refractivity contribution < 1.29 is 4.79 Å². The molecule has 0 aromatic carbocycles. The van der Waals surface area contributed by atoms with Gasteiger partial charge >= 0.3 is 0 Å². The van der Waals surface area contributed by atoms with E-state index in [1.165, 1.54) is 11.8 Å². The minimum absolute atomic E-state index is 0.101. The zero-order valence-corrected chi connectivity index (χ0v) is 9.91. The number of nitrogens with zero attached hydrogens (tertiary/aromatic N) is 3. The van der Waals surface area contributed by atoms with Gasteiger partial charge in [-0.2, -0.15) is 10.2 Å². The number of ketones is 1. The first-order valence-corrected chi connectivity index (χ1v) is 6.11. The van der Waals surface area contributed by atoms with E-state index in [4.69, 9.17) is 0 Å². The van der Waals surface area contributed by atoms with E-state index in [-0.39, 0.29) is 11.7 Å². The second-order valence-corrected chi connectivity index (χ2v) is 4.49. The van der Waals surface area contributed by atoms with Crippen LogP contribution in [0.25, 0.3) is 0 Å². The van der Waals surface area contributed by atoms with E-state index in [0.29, 0.717) is 5.56 Å². The van der Waals surface area contributed by atoms with Crippen molar-refractivity contribution in [1.82, 2.24) is 15.2 Å². The van der Waals surface area contributed by atoms with Crippen LogP contribution in [0.3, 0.4) is 0 Å². The lowest BCUT2D eigenvalue weighted by Crippen LogP contribution is -2.20. The second-order valence-electron chi connectivity index (χ2n) is 4.49. The Morgan fingerprint density at radius 3 is 3.00 bits per heavy atom. The van der Waals surface area contributed by atoms with Crippen LogP contribution >= 0.6 is 0 Å². The third-order valence-corrected chi connectivity index (χ3v) is 3.38. The first kappa shape index (κ1) is 11.0. The lowest BCUT2D eigenvalue weighted by molar-refractivity contribution is 0.0948. The van der Waals surface area contributed by atoms with Crippen molar-refractivity contribution in [2.75, 3.05) is 0 Å². The maximum absolute atomic E-state index is 12.5. The molecule has 0 N–H and O–H groups in total. The zero-order chi connectivity index (χ0) is 12.4. The molecular formula is C14H13N3O. The maximum atomic E-state index is 12.5. The van der Waals surface area contributed by atoms with Crippen LogP contribution in [0, 0.1) is 0 Å². The van der Waals surface area contributed by atoms with Crippen molar-refractivity contribution in [3.63, 3.8) is 0 Å². The van der Waals surface area contributed by atoms with E-state index in [1.54, 1.807) is 18.5 Å². The van der Waals surface area contributed by atoms with Gasteiger partial charge in [-0.15, -0.1) is 0 Å². The van der Waals surface area contributed by atoms with E-state index in [9.17, 15) is 4.79 Å². The molecule has 0 saturated carbocycles. The summed E-state index contributed by atoms with van der Waals surface area (Å²) < 4.78 is 0. The first-order valence-electron chi connectivity index (χ1n) is 6.11. The molecule has 0 amide bonds.